The highest BCUT2D eigenvalue weighted by atomic mass is 16.3. The maximum absolute atomic E-state index is 12.1. The minimum atomic E-state index is -1.33. The van der Waals surface area contributed by atoms with Gasteiger partial charge in [-0.1, -0.05) is 78.6 Å². The smallest absolute Gasteiger partial charge is 0.184 e. The standard InChI is InChI=1S/C23H18O2/c24-22-16-18-23(25,17-8-14-20-11-5-2-6-12-20)21(22)15-7-13-19-9-3-1-4-10-19/h1-7,9-13,15-16,18,25H,17H2/b13-7+,21-15-. The van der Waals surface area contributed by atoms with Gasteiger partial charge in [0.15, 0.2) is 5.78 Å². The summed E-state index contributed by atoms with van der Waals surface area (Å²) in [6.45, 7) is 0. The molecular weight excluding hydrogens is 308 g/mol. The number of carbonyl (C=O) groups excluding carboxylic acids is 1. The summed E-state index contributed by atoms with van der Waals surface area (Å²) in [4.78, 5) is 12.1. The molecule has 2 heteroatoms. The molecule has 0 aliphatic heterocycles. The van der Waals surface area contributed by atoms with E-state index in [0.29, 0.717) is 5.57 Å². The van der Waals surface area contributed by atoms with E-state index in [2.05, 4.69) is 11.8 Å². The van der Waals surface area contributed by atoms with E-state index in [1.165, 1.54) is 12.2 Å². The summed E-state index contributed by atoms with van der Waals surface area (Å²) in [5, 5.41) is 10.8. The Morgan fingerprint density at radius 3 is 2.40 bits per heavy atom. The highest BCUT2D eigenvalue weighted by Crippen LogP contribution is 2.29. The molecule has 0 spiro atoms. The van der Waals surface area contributed by atoms with Crippen LogP contribution in [0.2, 0.25) is 0 Å². The second-order valence-corrected chi connectivity index (χ2v) is 5.82. The maximum Gasteiger partial charge on any atom is 0.184 e. The van der Waals surface area contributed by atoms with Gasteiger partial charge in [-0.15, -0.1) is 0 Å². The third-order valence-electron chi connectivity index (χ3n) is 3.96. The quantitative estimate of drug-likeness (QED) is 0.685. The molecule has 1 aliphatic rings. The maximum atomic E-state index is 12.1. The average Bonchev–Trinajstić information content (AvgIpc) is 2.92. The van der Waals surface area contributed by atoms with E-state index in [1.807, 2.05) is 66.7 Å². The number of carbonyl (C=O) groups is 1. The Kier molecular flexibility index (Phi) is 5.09. The first kappa shape index (κ1) is 16.7. The van der Waals surface area contributed by atoms with Gasteiger partial charge in [0.05, 0.1) is 0 Å². The van der Waals surface area contributed by atoms with Crippen molar-refractivity contribution < 1.29 is 9.90 Å². The minimum absolute atomic E-state index is 0.176. The largest absolute Gasteiger partial charge is 0.380 e. The van der Waals surface area contributed by atoms with E-state index in [0.717, 1.165) is 11.1 Å². The number of hydrogen-bond acceptors (Lipinski definition) is 2. The summed E-state index contributed by atoms with van der Waals surface area (Å²) in [7, 11) is 0. The summed E-state index contributed by atoms with van der Waals surface area (Å²) in [5.74, 6) is 5.81. The molecule has 0 bridgehead atoms. The van der Waals surface area contributed by atoms with Crippen molar-refractivity contribution in [1.82, 2.24) is 0 Å². The highest BCUT2D eigenvalue weighted by Gasteiger charge is 2.36. The molecule has 25 heavy (non-hydrogen) atoms. The normalized spacial score (nSPS) is 20.8. The zero-order valence-corrected chi connectivity index (χ0v) is 13.7. The molecule has 0 aromatic heterocycles. The van der Waals surface area contributed by atoms with Crippen molar-refractivity contribution in [2.45, 2.75) is 12.0 Å². The number of rotatable bonds is 3. The van der Waals surface area contributed by atoms with Crippen LogP contribution in [0.25, 0.3) is 6.08 Å². The molecular formula is C23H18O2. The van der Waals surface area contributed by atoms with Crippen molar-refractivity contribution in [2.24, 2.45) is 0 Å². The van der Waals surface area contributed by atoms with Gasteiger partial charge in [0.1, 0.15) is 5.60 Å². The Morgan fingerprint density at radius 1 is 1.00 bits per heavy atom. The van der Waals surface area contributed by atoms with Crippen molar-refractivity contribution in [2.75, 3.05) is 0 Å². The molecule has 1 unspecified atom stereocenters. The summed E-state index contributed by atoms with van der Waals surface area (Å²) >= 11 is 0. The zero-order chi connectivity index (χ0) is 17.5. The van der Waals surface area contributed by atoms with Gasteiger partial charge in [0, 0.05) is 17.6 Å². The highest BCUT2D eigenvalue weighted by molar-refractivity contribution is 6.09. The summed E-state index contributed by atoms with van der Waals surface area (Å²) in [6.07, 6.45) is 8.46. The molecule has 0 amide bonds. The molecule has 122 valence electrons. The monoisotopic (exact) mass is 326 g/mol. The lowest BCUT2D eigenvalue weighted by Crippen LogP contribution is -2.27. The lowest BCUT2D eigenvalue weighted by molar-refractivity contribution is -0.112. The Hall–Kier alpha value is -3.15. The molecule has 3 rings (SSSR count). The first-order valence-corrected chi connectivity index (χ1v) is 8.11. The van der Waals surface area contributed by atoms with Crippen LogP contribution in [-0.4, -0.2) is 16.5 Å². The Balaban J connectivity index is 1.76. The molecule has 0 saturated heterocycles. The van der Waals surface area contributed by atoms with Gasteiger partial charge in [-0.3, -0.25) is 4.79 Å². The number of hydrogen-bond donors (Lipinski definition) is 1. The van der Waals surface area contributed by atoms with E-state index < -0.39 is 5.60 Å². The predicted octanol–water partition coefficient (Wildman–Crippen LogP) is 3.94. The van der Waals surface area contributed by atoms with E-state index in [-0.39, 0.29) is 12.2 Å². The van der Waals surface area contributed by atoms with Crippen molar-refractivity contribution >= 4 is 11.9 Å². The van der Waals surface area contributed by atoms with Crippen LogP contribution in [0.4, 0.5) is 0 Å². The molecule has 0 heterocycles. The van der Waals surface area contributed by atoms with Gasteiger partial charge in [0.25, 0.3) is 0 Å². The van der Waals surface area contributed by atoms with Crippen LogP contribution < -0.4 is 0 Å². The van der Waals surface area contributed by atoms with E-state index in [4.69, 9.17) is 0 Å². The fourth-order valence-corrected chi connectivity index (χ4v) is 2.61. The van der Waals surface area contributed by atoms with E-state index in [1.54, 1.807) is 12.2 Å². The predicted molar refractivity (Wildman–Crippen MR) is 101 cm³/mol. The molecule has 1 atom stereocenters. The molecule has 0 fully saturated rings. The SMILES string of the molecule is O=C1C=CC(O)(CC#Cc2ccccc2)/C1=C\C=C\c1ccccc1. The van der Waals surface area contributed by atoms with Crippen LogP contribution in [0, 0.1) is 11.8 Å². The minimum Gasteiger partial charge on any atom is -0.380 e. The van der Waals surface area contributed by atoms with E-state index >= 15 is 0 Å². The summed E-state index contributed by atoms with van der Waals surface area (Å²) in [5.41, 5.74) is 0.931. The number of ketones is 1. The molecule has 2 aromatic carbocycles. The van der Waals surface area contributed by atoms with Crippen LogP contribution in [0.5, 0.6) is 0 Å². The van der Waals surface area contributed by atoms with Crippen LogP contribution in [0.3, 0.4) is 0 Å². The Bertz CT molecular complexity index is 893. The lowest BCUT2D eigenvalue weighted by Gasteiger charge is -2.19. The third kappa shape index (κ3) is 4.23. The van der Waals surface area contributed by atoms with Gasteiger partial charge in [0.2, 0.25) is 0 Å². The summed E-state index contributed by atoms with van der Waals surface area (Å²) < 4.78 is 0. The van der Waals surface area contributed by atoms with Gasteiger partial charge in [-0.05, 0) is 29.8 Å². The average molecular weight is 326 g/mol. The van der Waals surface area contributed by atoms with Gasteiger partial charge >= 0.3 is 0 Å². The first-order valence-electron chi connectivity index (χ1n) is 8.11. The van der Waals surface area contributed by atoms with Crippen LogP contribution in [0.15, 0.2) is 90.5 Å². The van der Waals surface area contributed by atoms with Crippen LogP contribution in [-0.2, 0) is 4.79 Å². The fraction of sp³-hybridized carbons (Fsp3) is 0.0870. The number of allylic oxidation sites excluding steroid dienone is 3. The second kappa shape index (κ2) is 7.61. The first-order chi connectivity index (χ1) is 12.2. The molecule has 1 N–H and O–H groups in total. The van der Waals surface area contributed by atoms with Crippen molar-refractivity contribution in [1.29, 1.82) is 0 Å². The fourth-order valence-electron chi connectivity index (χ4n) is 2.61. The van der Waals surface area contributed by atoms with Crippen LogP contribution >= 0.6 is 0 Å². The van der Waals surface area contributed by atoms with Crippen molar-refractivity contribution in [3.63, 3.8) is 0 Å². The lowest BCUT2D eigenvalue weighted by atomic mass is 9.92. The Morgan fingerprint density at radius 2 is 1.68 bits per heavy atom. The number of aliphatic hydroxyl groups is 1. The molecule has 2 aromatic rings. The third-order valence-corrected chi connectivity index (χ3v) is 3.96. The molecule has 1 aliphatic carbocycles. The summed E-state index contributed by atoms with van der Waals surface area (Å²) in [6, 6.07) is 19.4. The topological polar surface area (TPSA) is 37.3 Å². The van der Waals surface area contributed by atoms with Gasteiger partial charge in [-0.2, -0.15) is 0 Å². The molecule has 0 saturated carbocycles. The van der Waals surface area contributed by atoms with E-state index in [9.17, 15) is 9.90 Å². The van der Waals surface area contributed by atoms with Crippen molar-refractivity contribution in [3.8, 4) is 11.8 Å². The Labute approximate surface area is 147 Å². The zero-order valence-electron chi connectivity index (χ0n) is 13.7. The van der Waals surface area contributed by atoms with Gasteiger partial charge < -0.3 is 5.11 Å². The second-order valence-electron chi connectivity index (χ2n) is 5.82. The number of benzene rings is 2. The molecule has 0 radical (unpaired) electrons. The van der Waals surface area contributed by atoms with Crippen LogP contribution in [0.1, 0.15) is 17.5 Å². The van der Waals surface area contributed by atoms with Crippen molar-refractivity contribution in [3.05, 3.63) is 102 Å². The molecule has 2 nitrogen and oxygen atoms in total. The van der Waals surface area contributed by atoms with Gasteiger partial charge in [-0.25, -0.2) is 0 Å².